The maximum atomic E-state index is 12.9. The quantitative estimate of drug-likeness (QED) is 0.588. The summed E-state index contributed by atoms with van der Waals surface area (Å²) >= 11 is 2.70. The second-order valence-electron chi connectivity index (χ2n) is 7.91. The topological polar surface area (TPSA) is 71.7 Å². The number of hydrogen-bond donors (Lipinski definition) is 0. The number of benzene rings is 1. The van der Waals surface area contributed by atoms with E-state index in [1.165, 1.54) is 32.5 Å². The first-order chi connectivity index (χ1) is 14.3. The summed E-state index contributed by atoms with van der Waals surface area (Å²) < 4.78 is 30.4. The van der Waals surface area contributed by atoms with Crippen LogP contribution in [0.3, 0.4) is 0 Å². The maximum Gasteiger partial charge on any atom is 0.252 e. The van der Waals surface area contributed by atoms with Gasteiger partial charge >= 0.3 is 0 Å². The molecule has 1 aliphatic rings. The van der Waals surface area contributed by atoms with Gasteiger partial charge in [-0.15, -0.1) is 11.3 Å². The van der Waals surface area contributed by atoms with Gasteiger partial charge in [0, 0.05) is 20.1 Å². The van der Waals surface area contributed by atoms with Gasteiger partial charge in [-0.25, -0.2) is 8.42 Å². The monoisotopic (exact) mass is 463 g/mol. The van der Waals surface area contributed by atoms with Crippen molar-refractivity contribution in [2.45, 2.75) is 36.8 Å². The zero-order chi connectivity index (χ0) is 21.5. The molecule has 2 aromatic heterocycles. The van der Waals surface area contributed by atoms with Gasteiger partial charge in [0.15, 0.2) is 4.80 Å². The minimum absolute atomic E-state index is 0.189. The number of fused-ring (bicyclic) bond motifs is 1. The van der Waals surface area contributed by atoms with Crippen LogP contribution in [0.4, 0.5) is 0 Å². The summed E-state index contributed by atoms with van der Waals surface area (Å²) in [6.45, 7) is 4.94. The average Bonchev–Trinajstić information content (AvgIpc) is 3.37. The molecule has 3 heterocycles. The molecule has 30 heavy (non-hydrogen) atoms. The third-order valence-electron chi connectivity index (χ3n) is 5.53. The van der Waals surface area contributed by atoms with Crippen molar-refractivity contribution in [2.75, 3.05) is 13.1 Å². The Hall–Kier alpha value is -1.81. The smallest absolute Gasteiger partial charge is 0.252 e. The van der Waals surface area contributed by atoms with Crippen LogP contribution in [0.25, 0.3) is 10.2 Å². The van der Waals surface area contributed by atoms with E-state index in [1.807, 2.05) is 11.6 Å². The summed E-state index contributed by atoms with van der Waals surface area (Å²) in [6, 6.07) is 9.68. The van der Waals surface area contributed by atoms with E-state index in [0.717, 1.165) is 10.2 Å². The highest BCUT2D eigenvalue weighted by Crippen LogP contribution is 2.27. The fourth-order valence-electron chi connectivity index (χ4n) is 3.70. The predicted octanol–water partition coefficient (Wildman–Crippen LogP) is 3.95. The number of rotatable bonds is 4. The molecule has 160 valence electrons. The van der Waals surface area contributed by atoms with Crippen LogP contribution >= 0.6 is 22.7 Å². The van der Waals surface area contributed by atoms with Crippen LogP contribution < -0.4 is 4.80 Å². The van der Waals surface area contributed by atoms with Crippen molar-refractivity contribution in [3.63, 3.8) is 0 Å². The second-order valence-corrected chi connectivity index (χ2v) is 12.0. The Morgan fingerprint density at radius 1 is 1.27 bits per heavy atom. The Morgan fingerprint density at radius 2 is 2.07 bits per heavy atom. The van der Waals surface area contributed by atoms with Crippen molar-refractivity contribution in [3.05, 3.63) is 46.1 Å². The molecule has 0 aliphatic carbocycles. The summed E-state index contributed by atoms with van der Waals surface area (Å²) in [6.07, 6.45) is 1.32. The van der Waals surface area contributed by atoms with Crippen LogP contribution in [0.15, 0.2) is 44.9 Å². The number of nitrogens with zero attached hydrogens (tertiary/aromatic N) is 3. The molecule has 0 spiro atoms. The normalized spacial score (nSPS) is 19.1. The van der Waals surface area contributed by atoms with E-state index in [4.69, 9.17) is 0 Å². The minimum Gasteiger partial charge on any atom is -0.319 e. The van der Waals surface area contributed by atoms with Gasteiger partial charge in [0.05, 0.1) is 16.1 Å². The number of piperidine rings is 1. The molecule has 4 rings (SSSR count). The number of sulfonamides is 1. The molecule has 1 atom stereocenters. The first-order valence-electron chi connectivity index (χ1n) is 9.99. The van der Waals surface area contributed by atoms with Crippen molar-refractivity contribution >= 4 is 48.8 Å². The first-order valence-corrected chi connectivity index (χ1v) is 13.1. The van der Waals surface area contributed by atoms with Crippen LogP contribution in [0.2, 0.25) is 0 Å². The second kappa shape index (κ2) is 8.37. The molecular weight excluding hydrogens is 438 g/mol. The number of amides is 1. The SMILES string of the molecule is CC(C)c1ccc2c(c1)sc(=NC(=O)C1CCCN(S(=O)(=O)c3cccs3)C1)n2C. The molecule has 9 heteroatoms. The van der Waals surface area contributed by atoms with Crippen molar-refractivity contribution in [2.24, 2.45) is 18.0 Å². The van der Waals surface area contributed by atoms with E-state index in [9.17, 15) is 13.2 Å². The number of thiazole rings is 1. The van der Waals surface area contributed by atoms with Crippen molar-refractivity contribution < 1.29 is 13.2 Å². The first kappa shape index (κ1) is 21.4. The number of aryl methyl sites for hydroxylation is 1. The maximum absolute atomic E-state index is 12.9. The molecule has 1 amide bonds. The molecule has 3 aromatic rings. The van der Waals surface area contributed by atoms with Gasteiger partial charge in [0.2, 0.25) is 0 Å². The van der Waals surface area contributed by atoms with Crippen LogP contribution in [-0.2, 0) is 21.9 Å². The Kier molecular flexibility index (Phi) is 5.98. The lowest BCUT2D eigenvalue weighted by molar-refractivity contribution is -0.122. The molecule has 0 saturated carbocycles. The standard InChI is InChI=1S/C21H25N3O3S3/c1-14(2)15-8-9-17-18(12-15)29-21(23(17)3)22-20(25)16-6-4-10-24(13-16)30(26,27)19-7-5-11-28-19/h5,7-9,11-12,14,16H,4,6,10,13H2,1-3H3. The zero-order valence-corrected chi connectivity index (χ0v) is 19.7. The van der Waals surface area contributed by atoms with Crippen molar-refractivity contribution in [3.8, 4) is 0 Å². The molecule has 1 fully saturated rings. The average molecular weight is 464 g/mol. The van der Waals surface area contributed by atoms with E-state index < -0.39 is 15.9 Å². The number of carbonyl (C=O) groups is 1. The van der Waals surface area contributed by atoms with Crippen LogP contribution in [0.1, 0.15) is 38.2 Å². The number of carbonyl (C=O) groups excluding carboxylic acids is 1. The molecule has 6 nitrogen and oxygen atoms in total. The predicted molar refractivity (Wildman–Crippen MR) is 121 cm³/mol. The van der Waals surface area contributed by atoms with E-state index >= 15 is 0 Å². The Bertz CT molecular complexity index is 1240. The molecular formula is C21H25N3O3S3. The number of thiophene rings is 1. The lowest BCUT2D eigenvalue weighted by atomic mass is 9.99. The van der Waals surface area contributed by atoms with Gasteiger partial charge in [-0.3, -0.25) is 4.79 Å². The van der Waals surface area contributed by atoms with Gasteiger partial charge in [-0.1, -0.05) is 37.3 Å². The molecule has 1 unspecified atom stereocenters. The van der Waals surface area contributed by atoms with Crippen LogP contribution in [0, 0.1) is 5.92 Å². The Labute approximate surface area is 184 Å². The van der Waals surface area contributed by atoms with Crippen molar-refractivity contribution in [1.29, 1.82) is 0 Å². The summed E-state index contributed by atoms with van der Waals surface area (Å²) in [5, 5.41) is 1.75. The van der Waals surface area contributed by atoms with Crippen LogP contribution in [0.5, 0.6) is 0 Å². The molecule has 1 saturated heterocycles. The number of hydrogen-bond acceptors (Lipinski definition) is 5. The van der Waals surface area contributed by atoms with Crippen molar-refractivity contribution in [1.82, 2.24) is 8.87 Å². The van der Waals surface area contributed by atoms with Gasteiger partial charge in [0.1, 0.15) is 4.21 Å². The zero-order valence-electron chi connectivity index (χ0n) is 17.2. The van der Waals surface area contributed by atoms with Gasteiger partial charge in [-0.05, 0) is 47.9 Å². The van der Waals surface area contributed by atoms with E-state index in [1.54, 1.807) is 17.5 Å². The highest BCUT2D eigenvalue weighted by Gasteiger charge is 2.33. The van der Waals surface area contributed by atoms with E-state index in [-0.39, 0.29) is 12.5 Å². The number of aromatic nitrogens is 1. The highest BCUT2D eigenvalue weighted by molar-refractivity contribution is 7.91. The lowest BCUT2D eigenvalue weighted by Gasteiger charge is -2.29. The van der Waals surface area contributed by atoms with E-state index in [0.29, 0.717) is 34.3 Å². The van der Waals surface area contributed by atoms with Gasteiger partial charge < -0.3 is 4.57 Å². The molecule has 0 radical (unpaired) electrons. The molecule has 1 aliphatic heterocycles. The summed E-state index contributed by atoms with van der Waals surface area (Å²) in [5.74, 6) is -0.223. The van der Waals surface area contributed by atoms with Gasteiger partial charge in [0.25, 0.3) is 15.9 Å². The third kappa shape index (κ3) is 4.03. The summed E-state index contributed by atoms with van der Waals surface area (Å²) in [5.41, 5.74) is 2.30. The summed E-state index contributed by atoms with van der Waals surface area (Å²) in [7, 11) is -1.63. The molecule has 1 aromatic carbocycles. The minimum atomic E-state index is -3.54. The lowest BCUT2D eigenvalue weighted by Crippen LogP contribution is -2.42. The Morgan fingerprint density at radius 3 is 2.77 bits per heavy atom. The summed E-state index contributed by atoms with van der Waals surface area (Å²) in [4.78, 5) is 18.0. The highest BCUT2D eigenvalue weighted by atomic mass is 32.2. The fraction of sp³-hybridized carbons (Fsp3) is 0.429. The van der Waals surface area contributed by atoms with E-state index in [2.05, 4.69) is 37.0 Å². The third-order valence-corrected chi connectivity index (χ3v) is 9.86. The fourth-order valence-corrected chi connectivity index (χ4v) is 7.44. The molecule has 0 N–H and O–H groups in total. The van der Waals surface area contributed by atoms with Crippen LogP contribution in [-0.4, -0.2) is 36.3 Å². The molecule has 0 bridgehead atoms. The van der Waals surface area contributed by atoms with Gasteiger partial charge in [-0.2, -0.15) is 9.30 Å². The Balaban J connectivity index is 1.60. The largest absolute Gasteiger partial charge is 0.319 e.